The van der Waals surface area contributed by atoms with E-state index in [9.17, 15) is 14.0 Å². The third kappa shape index (κ3) is 5.75. The van der Waals surface area contributed by atoms with E-state index in [-0.39, 0.29) is 17.7 Å². The van der Waals surface area contributed by atoms with Gasteiger partial charge in [0.25, 0.3) is 5.56 Å². The van der Waals surface area contributed by atoms with E-state index in [0.29, 0.717) is 33.0 Å². The van der Waals surface area contributed by atoms with Crippen molar-refractivity contribution in [3.63, 3.8) is 0 Å². The number of thiazole rings is 1. The van der Waals surface area contributed by atoms with Gasteiger partial charge >= 0.3 is 5.97 Å². The Morgan fingerprint density at radius 1 is 1.10 bits per heavy atom. The first-order valence-electron chi connectivity index (χ1n) is 12.4. The number of carbonyl (C=O) groups excluding carboxylic acids is 1. The lowest BCUT2D eigenvalue weighted by Gasteiger charge is -2.24. The number of carbonyl (C=O) groups is 1. The van der Waals surface area contributed by atoms with Gasteiger partial charge in [-0.3, -0.25) is 9.36 Å². The molecule has 2 heterocycles. The minimum Gasteiger partial charge on any atom is -0.487 e. The highest BCUT2D eigenvalue weighted by Gasteiger charge is 2.33. The molecule has 6 nitrogen and oxygen atoms in total. The summed E-state index contributed by atoms with van der Waals surface area (Å²) in [4.78, 5) is 31.8. The van der Waals surface area contributed by atoms with Crippen molar-refractivity contribution in [2.75, 3.05) is 6.61 Å². The number of allylic oxidation sites excluding steroid dienone is 1. The molecule has 1 aromatic heterocycles. The fourth-order valence-electron chi connectivity index (χ4n) is 4.43. The second-order valence-corrected chi connectivity index (χ2v) is 11.7. The second-order valence-electron chi connectivity index (χ2n) is 8.94. The lowest BCUT2D eigenvalue weighted by Crippen LogP contribution is -2.39. The number of nitrogens with zero attached hydrogens (tertiary/aromatic N) is 2. The number of hydrogen-bond donors (Lipinski definition) is 0. The minimum atomic E-state index is -0.801. The van der Waals surface area contributed by atoms with Crippen molar-refractivity contribution in [1.82, 2.24) is 4.57 Å². The van der Waals surface area contributed by atoms with E-state index in [1.807, 2.05) is 42.5 Å². The summed E-state index contributed by atoms with van der Waals surface area (Å²) in [5.41, 5.74) is 2.76. The molecule has 0 N–H and O–H groups in total. The molecule has 3 aromatic carbocycles. The summed E-state index contributed by atoms with van der Waals surface area (Å²) < 4.78 is 28.4. The minimum absolute atomic E-state index is 0.172. The number of esters is 1. The average molecular weight is 686 g/mol. The number of ether oxygens (including phenoxy) is 2. The van der Waals surface area contributed by atoms with Gasteiger partial charge in [0.05, 0.1) is 37.4 Å². The van der Waals surface area contributed by atoms with E-state index < -0.39 is 17.8 Å². The third-order valence-corrected chi connectivity index (χ3v) is 8.41. The van der Waals surface area contributed by atoms with Crippen LogP contribution in [0.4, 0.5) is 4.39 Å². The standard InChI is InChI=1S/C30H23Br2FN2O4S/c1-3-38-29(37)25-17(2)34-30-35(26(25)20-9-11-21(33)12-10-20)28(36)24(40-30)15-19-13-22(31)27(23(32)14-19)39-16-18-7-5-4-6-8-18/h4-15,26H,3,16H2,1-2H3/b24-15-/t26-/m1/s1. The monoisotopic (exact) mass is 684 g/mol. The van der Waals surface area contributed by atoms with Crippen molar-refractivity contribution in [2.24, 2.45) is 4.99 Å². The first-order valence-corrected chi connectivity index (χ1v) is 14.8. The SMILES string of the molecule is CCOC(=O)C1=C(C)N=c2s/c(=C\c3cc(Br)c(OCc4ccccc4)c(Br)c3)c(=O)n2[C@@H]1c1ccc(F)cc1. The molecular weight excluding hydrogens is 663 g/mol. The van der Waals surface area contributed by atoms with Gasteiger partial charge < -0.3 is 9.47 Å². The van der Waals surface area contributed by atoms with Gasteiger partial charge in [-0.2, -0.15) is 0 Å². The van der Waals surface area contributed by atoms with Gasteiger partial charge in [-0.25, -0.2) is 14.2 Å². The summed E-state index contributed by atoms with van der Waals surface area (Å²) in [5, 5.41) is 0. The first-order chi connectivity index (χ1) is 19.3. The van der Waals surface area contributed by atoms with Crippen LogP contribution in [-0.2, 0) is 16.1 Å². The lowest BCUT2D eigenvalue weighted by atomic mass is 9.96. The fourth-order valence-corrected chi connectivity index (χ4v) is 6.93. The zero-order valence-corrected chi connectivity index (χ0v) is 25.5. The Morgan fingerprint density at radius 2 is 1.77 bits per heavy atom. The van der Waals surface area contributed by atoms with Gasteiger partial charge in [-0.15, -0.1) is 0 Å². The second kappa shape index (κ2) is 12.0. The maximum Gasteiger partial charge on any atom is 0.338 e. The molecule has 4 aromatic rings. The predicted molar refractivity (Wildman–Crippen MR) is 159 cm³/mol. The molecule has 5 rings (SSSR count). The van der Waals surface area contributed by atoms with E-state index in [1.165, 1.54) is 28.0 Å². The van der Waals surface area contributed by atoms with Crippen LogP contribution in [-0.4, -0.2) is 17.1 Å². The molecule has 0 saturated heterocycles. The molecule has 0 spiro atoms. The molecule has 0 amide bonds. The Bertz CT molecular complexity index is 1780. The van der Waals surface area contributed by atoms with Crippen LogP contribution < -0.4 is 19.6 Å². The van der Waals surface area contributed by atoms with Crippen molar-refractivity contribution < 1.29 is 18.7 Å². The Labute approximate surface area is 250 Å². The topological polar surface area (TPSA) is 69.9 Å². The molecule has 0 unspecified atom stereocenters. The van der Waals surface area contributed by atoms with Crippen molar-refractivity contribution in [3.8, 4) is 5.75 Å². The van der Waals surface area contributed by atoms with Gasteiger partial charge in [0.1, 0.15) is 18.2 Å². The van der Waals surface area contributed by atoms with E-state index in [4.69, 9.17) is 9.47 Å². The highest BCUT2D eigenvalue weighted by atomic mass is 79.9. The normalized spacial score (nSPS) is 15.0. The third-order valence-electron chi connectivity index (χ3n) is 6.25. The average Bonchev–Trinajstić information content (AvgIpc) is 3.22. The van der Waals surface area contributed by atoms with Crippen molar-refractivity contribution in [2.45, 2.75) is 26.5 Å². The number of benzene rings is 3. The van der Waals surface area contributed by atoms with E-state index in [0.717, 1.165) is 20.1 Å². The predicted octanol–water partition coefficient (Wildman–Crippen LogP) is 6.04. The summed E-state index contributed by atoms with van der Waals surface area (Å²) in [5.74, 6) is -0.332. The Balaban J connectivity index is 1.56. The number of fused-ring (bicyclic) bond motifs is 1. The molecule has 1 atom stereocenters. The Hall–Kier alpha value is -3.34. The van der Waals surface area contributed by atoms with Crippen LogP contribution in [0.1, 0.15) is 36.6 Å². The number of rotatable bonds is 7. The Kier molecular flexibility index (Phi) is 8.48. The molecule has 0 bridgehead atoms. The summed E-state index contributed by atoms with van der Waals surface area (Å²) in [6.07, 6.45) is 1.77. The van der Waals surface area contributed by atoms with E-state index >= 15 is 0 Å². The van der Waals surface area contributed by atoms with Crippen LogP contribution >= 0.6 is 43.2 Å². The van der Waals surface area contributed by atoms with Crippen LogP contribution in [0.3, 0.4) is 0 Å². The van der Waals surface area contributed by atoms with Crippen LogP contribution in [0, 0.1) is 5.82 Å². The summed E-state index contributed by atoms with van der Waals surface area (Å²) in [7, 11) is 0. The van der Waals surface area contributed by atoms with Crippen LogP contribution in [0.25, 0.3) is 6.08 Å². The zero-order valence-electron chi connectivity index (χ0n) is 21.5. The van der Waals surface area contributed by atoms with Crippen molar-refractivity contribution in [1.29, 1.82) is 0 Å². The smallest absolute Gasteiger partial charge is 0.338 e. The highest BCUT2D eigenvalue weighted by molar-refractivity contribution is 9.11. The quantitative estimate of drug-likeness (QED) is 0.223. The largest absolute Gasteiger partial charge is 0.487 e. The van der Waals surface area contributed by atoms with Crippen LogP contribution in [0.15, 0.2) is 96.7 Å². The maximum absolute atomic E-state index is 13.8. The molecule has 0 aliphatic carbocycles. The number of hydrogen-bond acceptors (Lipinski definition) is 6. The van der Waals surface area contributed by atoms with Crippen molar-refractivity contribution in [3.05, 3.63) is 129 Å². The highest BCUT2D eigenvalue weighted by Crippen LogP contribution is 2.36. The van der Waals surface area contributed by atoms with Crippen molar-refractivity contribution >= 4 is 55.2 Å². The summed E-state index contributed by atoms with van der Waals surface area (Å²) in [6, 6.07) is 18.5. The molecule has 0 saturated carbocycles. The maximum atomic E-state index is 13.8. The first kappa shape index (κ1) is 28.2. The molecule has 0 fully saturated rings. The lowest BCUT2D eigenvalue weighted by molar-refractivity contribution is -0.139. The molecular formula is C30H23Br2FN2O4S. The molecule has 1 aliphatic heterocycles. The zero-order chi connectivity index (χ0) is 28.4. The molecule has 40 heavy (non-hydrogen) atoms. The van der Waals surface area contributed by atoms with Gasteiger partial charge in [0.15, 0.2) is 4.80 Å². The van der Waals surface area contributed by atoms with E-state index in [1.54, 1.807) is 32.1 Å². The van der Waals surface area contributed by atoms with Crippen LogP contribution in [0.5, 0.6) is 5.75 Å². The fraction of sp³-hybridized carbons (Fsp3) is 0.167. The van der Waals surface area contributed by atoms with Gasteiger partial charge in [-0.05, 0) is 92.7 Å². The van der Waals surface area contributed by atoms with Gasteiger partial charge in [-0.1, -0.05) is 53.8 Å². The molecule has 10 heteroatoms. The van der Waals surface area contributed by atoms with Crippen LogP contribution in [0.2, 0.25) is 0 Å². The number of halogens is 3. The molecule has 0 radical (unpaired) electrons. The summed E-state index contributed by atoms with van der Waals surface area (Å²) >= 11 is 8.40. The van der Waals surface area contributed by atoms with Gasteiger partial charge in [0.2, 0.25) is 0 Å². The molecule has 1 aliphatic rings. The number of aromatic nitrogens is 1. The van der Waals surface area contributed by atoms with E-state index in [2.05, 4.69) is 36.9 Å². The Morgan fingerprint density at radius 3 is 2.42 bits per heavy atom. The molecule has 204 valence electrons. The van der Waals surface area contributed by atoms with Gasteiger partial charge in [0, 0.05) is 0 Å². The summed E-state index contributed by atoms with van der Waals surface area (Å²) in [6.45, 7) is 4.00.